The minimum atomic E-state index is -0.267. The first-order chi connectivity index (χ1) is 5.57. The summed E-state index contributed by atoms with van der Waals surface area (Å²) in [6.07, 6.45) is 0. The standard InChI is InChI=1S/C9H13NO2/c1-6-5-8(9(11)12-4)7(2)10(6)3/h5H,1-4H3. The highest BCUT2D eigenvalue weighted by atomic mass is 16.5. The second-order valence-corrected chi connectivity index (χ2v) is 2.84. The molecule has 1 rings (SSSR count). The Morgan fingerprint density at radius 3 is 2.42 bits per heavy atom. The van der Waals surface area contributed by atoms with E-state index in [2.05, 4.69) is 4.74 Å². The van der Waals surface area contributed by atoms with Gasteiger partial charge in [-0.05, 0) is 19.9 Å². The molecule has 0 aromatic carbocycles. The second-order valence-electron chi connectivity index (χ2n) is 2.84. The van der Waals surface area contributed by atoms with Crippen molar-refractivity contribution in [3.05, 3.63) is 23.0 Å². The first-order valence-corrected chi connectivity index (χ1v) is 3.79. The summed E-state index contributed by atoms with van der Waals surface area (Å²) in [5.41, 5.74) is 2.66. The molecule has 0 amide bonds. The summed E-state index contributed by atoms with van der Waals surface area (Å²) in [7, 11) is 3.32. The Morgan fingerprint density at radius 1 is 1.50 bits per heavy atom. The lowest BCUT2D eigenvalue weighted by Crippen LogP contribution is -2.03. The number of hydrogen-bond acceptors (Lipinski definition) is 2. The molecule has 0 saturated heterocycles. The maximum Gasteiger partial charge on any atom is 0.339 e. The van der Waals surface area contributed by atoms with Crippen LogP contribution in [-0.4, -0.2) is 17.6 Å². The molecule has 1 heterocycles. The molecule has 0 unspecified atom stereocenters. The van der Waals surface area contributed by atoms with Gasteiger partial charge in [0.15, 0.2) is 0 Å². The van der Waals surface area contributed by atoms with Crippen LogP contribution in [-0.2, 0) is 11.8 Å². The molecule has 0 atom stereocenters. The Labute approximate surface area is 72.0 Å². The largest absolute Gasteiger partial charge is 0.465 e. The topological polar surface area (TPSA) is 31.2 Å². The highest BCUT2D eigenvalue weighted by Gasteiger charge is 2.13. The van der Waals surface area contributed by atoms with Crippen molar-refractivity contribution in [2.75, 3.05) is 7.11 Å². The lowest BCUT2D eigenvalue weighted by atomic mass is 10.2. The fourth-order valence-corrected chi connectivity index (χ4v) is 1.17. The van der Waals surface area contributed by atoms with Crippen LogP contribution in [0.3, 0.4) is 0 Å². The molecule has 0 aliphatic heterocycles. The number of nitrogens with zero attached hydrogens (tertiary/aromatic N) is 1. The predicted molar refractivity (Wildman–Crippen MR) is 46.2 cm³/mol. The number of aromatic nitrogens is 1. The summed E-state index contributed by atoms with van der Waals surface area (Å²) in [5.74, 6) is -0.267. The van der Waals surface area contributed by atoms with E-state index in [1.54, 1.807) is 0 Å². The molecule has 0 aliphatic rings. The van der Waals surface area contributed by atoms with Crippen LogP contribution in [0.5, 0.6) is 0 Å². The van der Waals surface area contributed by atoms with Crippen molar-refractivity contribution in [1.29, 1.82) is 0 Å². The molecule has 0 aliphatic carbocycles. The van der Waals surface area contributed by atoms with Gasteiger partial charge in [0.1, 0.15) is 0 Å². The third-order valence-corrected chi connectivity index (χ3v) is 2.18. The molecule has 0 bridgehead atoms. The van der Waals surface area contributed by atoms with Crippen LogP contribution < -0.4 is 0 Å². The smallest absolute Gasteiger partial charge is 0.339 e. The molecule has 66 valence electrons. The number of methoxy groups -OCH3 is 1. The maximum absolute atomic E-state index is 11.2. The van der Waals surface area contributed by atoms with Gasteiger partial charge in [-0.2, -0.15) is 0 Å². The van der Waals surface area contributed by atoms with E-state index in [-0.39, 0.29) is 5.97 Å². The molecular formula is C9H13NO2. The molecule has 12 heavy (non-hydrogen) atoms. The highest BCUT2D eigenvalue weighted by Crippen LogP contribution is 2.13. The maximum atomic E-state index is 11.2. The average molecular weight is 167 g/mol. The van der Waals surface area contributed by atoms with E-state index < -0.39 is 0 Å². The van der Waals surface area contributed by atoms with Crippen molar-refractivity contribution in [1.82, 2.24) is 4.57 Å². The summed E-state index contributed by atoms with van der Waals surface area (Å²) in [5, 5.41) is 0. The first-order valence-electron chi connectivity index (χ1n) is 3.79. The van der Waals surface area contributed by atoms with Crippen molar-refractivity contribution >= 4 is 5.97 Å². The summed E-state index contributed by atoms with van der Waals surface area (Å²) in [6, 6.07) is 1.83. The van der Waals surface area contributed by atoms with E-state index in [4.69, 9.17) is 0 Å². The van der Waals surface area contributed by atoms with Crippen LogP contribution in [0, 0.1) is 13.8 Å². The Balaban J connectivity index is 3.17. The third kappa shape index (κ3) is 1.22. The zero-order valence-corrected chi connectivity index (χ0v) is 7.84. The lowest BCUT2D eigenvalue weighted by Gasteiger charge is -2.00. The zero-order chi connectivity index (χ0) is 9.30. The normalized spacial score (nSPS) is 10.0. The third-order valence-electron chi connectivity index (χ3n) is 2.18. The quantitative estimate of drug-likeness (QED) is 0.592. The number of ether oxygens (including phenoxy) is 1. The van der Waals surface area contributed by atoms with Crippen molar-refractivity contribution in [3.63, 3.8) is 0 Å². The first kappa shape index (κ1) is 8.84. The van der Waals surface area contributed by atoms with Gasteiger partial charge >= 0.3 is 5.97 Å². The number of rotatable bonds is 1. The Bertz CT molecular complexity index is 313. The number of carbonyl (C=O) groups is 1. The zero-order valence-electron chi connectivity index (χ0n) is 7.84. The average Bonchev–Trinajstić information content (AvgIpc) is 2.32. The minimum Gasteiger partial charge on any atom is -0.465 e. The Kier molecular flexibility index (Phi) is 2.22. The molecule has 3 heteroatoms. The van der Waals surface area contributed by atoms with E-state index in [9.17, 15) is 4.79 Å². The van der Waals surface area contributed by atoms with E-state index >= 15 is 0 Å². The van der Waals surface area contributed by atoms with Crippen molar-refractivity contribution in [2.45, 2.75) is 13.8 Å². The van der Waals surface area contributed by atoms with Crippen molar-refractivity contribution < 1.29 is 9.53 Å². The number of carbonyl (C=O) groups excluding carboxylic acids is 1. The fraction of sp³-hybridized carbons (Fsp3) is 0.444. The van der Waals surface area contributed by atoms with Crippen LogP contribution >= 0.6 is 0 Å². The molecular weight excluding hydrogens is 154 g/mol. The van der Waals surface area contributed by atoms with Gasteiger partial charge < -0.3 is 9.30 Å². The van der Waals surface area contributed by atoms with Gasteiger partial charge in [-0.25, -0.2) is 4.79 Å². The number of esters is 1. The van der Waals surface area contributed by atoms with Gasteiger partial charge in [0, 0.05) is 18.4 Å². The molecule has 0 fully saturated rings. The summed E-state index contributed by atoms with van der Waals surface area (Å²) in [6.45, 7) is 3.86. The Hall–Kier alpha value is -1.25. The molecule has 1 aromatic heterocycles. The van der Waals surface area contributed by atoms with E-state index in [1.807, 2.05) is 31.5 Å². The van der Waals surface area contributed by atoms with Crippen molar-refractivity contribution in [2.24, 2.45) is 7.05 Å². The van der Waals surface area contributed by atoms with Gasteiger partial charge in [0.2, 0.25) is 0 Å². The molecule has 1 aromatic rings. The van der Waals surface area contributed by atoms with Crippen LogP contribution in [0.15, 0.2) is 6.07 Å². The monoisotopic (exact) mass is 167 g/mol. The molecule has 0 saturated carbocycles. The Morgan fingerprint density at radius 2 is 2.08 bits per heavy atom. The van der Waals surface area contributed by atoms with Gasteiger partial charge in [0.05, 0.1) is 12.7 Å². The van der Waals surface area contributed by atoms with E-state index in [0.29, 0.717) is 5.56 Å². The molecule has 0 spiro atoms. The second kappa shape index (κ2) is 3.01. The summed E-state index contributed by atoms with van der Waals surface area (Å²) >= 11 is 0. The van der Waals surface area contributed by atoms with Crippen LogP contribution in [0.25, 0.3) is 0 Å². The van der Waals surface area contributed by atoms with Crippen molar-refractivity contribution in [3.8, 4) is 0 Å². The van der Waals surface area contributed by atoms with Crippen LogP contribution in [0.2, 0.25) is 0 Å². The number of hydrogen-bond donors (Lipinski definition) is 0. The van der Waals surface area contributed by atoms with Gasteiger partial charge in [-0.3, -0.25) is 0 Å². The number of aryl methyl sites for hydroxylation is 1. The minimum absolute atomic E-state index is 0.267. The lowest BCUT2D eigenvalue weighted by molar-refractivity contribution is 0.0600. The van der Waals surface area contributed by atoms with Gasteiger partial charge in [0.25, 0.3) is 0 Å². The van der Waals surface area contributed by atoms with Gasteiger partial charge in [-0.15, -0.1) is 0 Å². The SMILES string of the molecule is COC(=O)c1cc(C)n(C)c1C. The van der Waals surface area contributed by atoms with E-state index in [1.165, 1.54) is 7.11 Å². The van der Waals surface area contributed by atoms with Gasteiger partial charge in [-0.1, -0.05) is 0 Å². The van der Waals surface area contributed by atoms with Crippen LogP contribution in [0.1, 0.15) is 21.7 Å². The van der Waals surface area contributed by atoms with Crippen LogP contribution in [0.4, 0.5) is 0 Å². The fourth-order valence-electron chi connectivity index (χ4n) is 1.17. The molecule has 0 radical (unpaired) electrons. The summed E-state index contributed by atoms with van der Waals surface area (Å²) < 4.78 is 6.60. The predicted octanol–water partition coefficient (Wildman–Crippen LogP) is 1.43. The highest BCUT2D eigenvalue weighted by molar-refractivity contribution is 5.90. The molecule has 3 nitrogen and oxygen atoms in total. The van der Waals surface area contributed by atoms with E-state index in [0.717, 1.165) is 11.4 Å². The molecule has 0 N–H and O–H groups in total. The summed E-state index contributed by atoms with van der Waals surface area (Å²) in [4.78, 5) is 11.2.